The molecule has 3 atom stereocenters. The SMILES string of the molecule is CC(C)(C)C1CCCC2(CCC(OC(=O)c3ccccc3)C2=O)C1. The van der Waals surface area contributed by atoms with Crippen LogP contribution in [-0.2, 0) is 9.53 Å². The Balaban J connectivity index is 1.70. The average Bonchev–Trinajstić information content (AvgIpc) is 2.84. The van der Waals surface area contributed by atoms with E-state index in [0.717, 1.165) is 25.7 Å². The zero-order valence-electron chi connectivity index (χ0n) is 15.0. The van der Waals surface area contributed by atoms with Crippen LogP contribution in [0.3, 0.4) is 0 Å². The Kier molecular flexibility index (Phi) is 4.54. The Morgan fingerprint density at radius 2 is 1.83 bits per heavy atom. The standard InChI is InChI=1S/C21H28O3/c1-20(2,3)16-10-7-12-21(14-16)13-11-17(18(21)22)24-19(23)15-8-5-4-6-9-15/h4-6,8-9,16-17H,7,10-14H2,1-3H3. The lowest BCUT2D eigenvalue weighted by atomic mass is 9.61. The summed E-state index contributed by atoms with van der Waals surface area (Å²) in [6.45, 7) is 6.80. The van der Waals surface area contributed by atoms with Gasteiger partial charge in [0.05, 0.1) is 5.56 Å². The highest BCUT2D eigenvalue weighted by Crippen LogP contribution is 2.52. The van der Waals surface area contributed by atoms with Gasteiger partial charge in [-0.15, -0.1) is 0 Å². The molecule has 0 aromatic heterocycles. The van der Waals surface area contributed by atoms with E-state index in [0.29, 0.717) is 17.9 Å². The fourth-order valence-corrected chi connectivity index (χ4v) is 4.44. The lowest BCUT2D eigenvalue weighted by Gasteiger charge is -2.42. The molecule has 0 heterocycles. The minimum atomic E-state index is -0.559. The molecule has 3 heteroatoms. The Hall–Kier alpha value is -1.64. The number of rotatable bonds is 2. The number of Topliss-reactive ketones (excluding diaryl/α,β-unsaturated/α-hetero) is 1. The predicted octanol–water partition coefficient (Wildman–Crippen LogP) is 4.80. The maximum absolute atomic E-state index is 13.0. The normalized spacial score (nSPS) is 30.5. The van der Waals surface area contributed by atoms with Crippen LogP contribution < -0.4 is 0 Å². The summed E-state index contributed by atoms with van der Waals surface area (Å²) in [7, 11) is 0. The fraction of sp³-hybridized carbons (Fsp3) is 0.619. The molecule has 2 saturated carbocycles. The van der Waals surface area contributed by atoms with Crippen molar-refractivity contribution in [1.29, 1.82) is 0 Å². The zero-order valence-corrected chi connectivity index (χ0v) is 15.0. The summed E-state index contributed by atoms with van der Waals surface area (Å²) >= 11 is 0. The number of esters is 1. The van der Waals surface area contributed by atoms with Crippen molar-refractivity contribution in [2.75, 3.05) is 0 Å². The van der Waals surface area contributed by atoms with Gasteiger partial charge in [0.15, 0.2) is 11.9 Å². The van der Waals surface area contributed by atoms with E-state index in [1.807, 2.05) is 18.2 Å². The summed E-state index contributed by atoms with van der Waals surface area (Å²) in [5.41, 5.74) is 0.493. The summed E-state index contributed by atoms with van der Waals surface area (Å²) in [6, 6.07) is 8.94. The van der Waals surface area contributed by atoms with Crippen molar-refractivity contribution < 1.29 is 14.3 Å². The third kappa shape index (κ3) is 3.26. The molecule has 1 aromatic carbocycles. The topological polar surface area (TPSA) is 43.4 Å². The monoisotopic (exact) mass is 328 g/mol. The second kappa shape index (κ2) is 6.34. The van der Waals surface area contributed by atoms with E-state index in [2.05, 4.69) is 20.8 Å². The maximum atomic E-state index is 13.0. The number of carbonyl (C=O) groups is 2. The molecule has 0 radical (unpaired) electrons. The van der Waals surface area contributed by atoms with Gasteiger partial charge in [0.1, 0.15) is 0 Å². The zero-order chi connectivity index (χ0) is 17.4. The third-order valence-electron chi connectivity index (χ3n) is 6.03. The van der Waals surface area contributed by atoms with Gasteiger partial charge >= 0.3 is 5.97 Å². The number of carbonyl (C=O) groups excluding carboxylic acids is 2. The lowest BCUT2D eigenvalue weighted by Crippen LogP contribution is -2.40. The molecule has 0 aliphatic heterocycles. The van der Waals surface area contributed by atoms with Crippen molar-refractivity contribution in [3.05, 3.63) is 35.9 Å². The van der Waals surface area contributed by atoms with Gasteiger partial charge in [-0.3, -0.25) is 4.79 Å². The predicted molar refractivity (Wildman–Crippen MR) is 93.7 cm³/mol. The van der Waals surface area contributed by atoms with E-state index >= 15 is 0 Å². The quantitative estimate of drug-likeness (QED) is 0.733. The van der Waals surface area contributed by atoms with E-state index in [1.54, 1.807) is 12.1 Å². The molecule has 24 heavy (non-hydrogen) atoms. The second-order valence-corrected chi connectivity index (χ2v) is 8.60. The van der Waals surface area contributed by atoms with E-state index < -0.39 is 6.10 Å². The number of hydrogen-bond donors (Lipinski definition) is 0. The Morgan fingerprint density at radius 1 is 1.12 bits per heavy atom. The van der Waals surface area contributed by atoms with Crippen molar-refractivity contribution in [3.8, 4) is 0 Å². The molecule has 0 amide bonds. The summed E-state index contributed by atoms with van der Waals surface area (Å²) in [6.07, 6.45) is 5.20. The molecule has 3 nitrogen and oxygen atoms in total. The average molecular weight is 328 g/mol. The molecule has 1 spiro atoms. The molecule has 2 aliphatic carbocycles. The van der Waals surface area contributed by atoms with Gasteiger partial charge in [0.2, 0.25) is 0 Å². The lowest BCUT2D eigenvalue weighted by molar-refractivity contribution is -0.136. The van der Waals surface area contributed by atoms with Crippen molar-refractivity contribution in [1.82, 2.24) is 0 Å². The van der Waals surface area contributed by atoms with Crippen molar-refractivity contribution in [3.63, 3.8) is 0 Å². The Morgan fingerprint density at radius 3 is 2.50 bits per heavy atom. The first-order valence-electron chi connectivity index (χ1n) is 9.12. The highest BCUT2D eigenvalue weighted by atomic mass is 16.5. The largest absolute Gasteiger partial charge is 0.451 e. The van der Waals surface area contributed by atoms with Crippen LogP contribution in [-0.4, -0.2) is 17.9 Å². The maximum Gasteiger partial charge on any atom is 0.338 e. The molecule has 0 N–H and O–H groups in total. The summed E-state index contributed by atoms with van der Waals surface area (Å²) in [4.78, 5) is 25.3. The molecule has 1 aromatic rings. The van der Waals surface area contributed by atoms with E-state index in [-0.39, 0.29) is 22.6 Å². The first kappa shape index (κ1) is 17.2. The molecule has 130 valence electrons. The van der Waals surface area contributed by atoms with Crippen LogP contribution in [0.2, 0.25) is 0 Å². The van der Waals surface area contributed by atoms with Gasteiger partial charge in [-0.05, 0) is 55.6 Å². The van der Waals surface area contributed by atoms with Crippen molar-refractivity contribution in [2.45, 2.75) is 65.4 Å². The number of benzene rings is 1. The molecule has 2 aliphatic rings. The van der Waals surface area contributed by atoms with Gasteiger partial charge in [-0.1, -0.05) is 45.4 Å². The molecule has 2 fully saturated rings. The molecular weight excluding hydrogens is 300 g/mol. The van der Waals surface area contributed by atoms with Gasteiger partial charge in [-0.2, -0.15) is 0 Å². The third-order valence-corrected chi connectivity index (χ3v) is 6.03. The summed E-state index contributed by atoms with van der Waals surface area (Å²) in [5, 5.41) is 0. The Labute approximate surface area is 144 Å². The summed E-state index contributed by atoms with van der Waals surface area (Å²) in [5.74, 6) is 0.355. The fourth-order valence-electron chi connectivity index (χ4n) is 4.44. The summed E-state index contributed by atoms with van der Waals surface area (Å²) < 4.78 is 5.57. The van der Waals surface area contributed by atoms with Gasteiger partial charge in [0, 0.05) is 5.41 Å². The van der Waals surface area contributed by atoms with Crippen LogP contribution in [0.5, 0.6) is 0 Å². The Bertz CT molecular complexity index is 614. The van der Waals surface area contributed by atoms with Crippen molar-refractivity contribution in [2.24, 2.45) is 16.7 Å². The number of ketones is 1. The van der Waals surface area contributed by atoms with Gasteiger partial charge < -0.3 is 4.74 Å². The first-order chi connectivity index (χ1) is 11.3. The van der Waals surface area contributed by atoms with Crippen LogP contribution in [0, 0.1) is 16.7 Å². The van der Waals surface area contributed by atoms with Gasteiger partial charge in [0.25, 0.3) is 0 Å². The highest BCUT2D eigenvalue weighted by Gasteiger charge is 2.52. The molecule has 3 rings (SSSR count). The van der Waals surface area contributed by atoms with Crippen LogP contribution in [0.25, 0.3) is 0 Å². The van der Waals surface area contributed by atoms with E-state index in [1.165, 1.54) is 6.42 Å². The number of ether oxygens (including phenoxy) is 1. The van der Waals surface area contributed by atoms with Crippen LogP contribution in [0.15, 0.2) is 30.3 Å². The van der Waals surface area contributed by atoms with E-state index in [9.17, 15) is 9.59 Å². The minimum absolute atomic E-state index is 0.167. The second-order valence-electron chi connectivity index (χ2n) is 8.60. The molecule has 0 saturated heterocycles. The first-order valence-corrected chi connectivity index (χ1v) is 9.12. The molecular formula is C21H28O3. The highest BCUT2D eigenvalue weighted by molar-refractivity contribution is 5.96. The van der Waals surface area contributed by atoms with Crippen LogP contribution in [0.4, 0.5) is 0 Å². The molecule has 3 unspecified atom stereocenters. The minimum Gasteiger partial charge on any atom is -0.451 e. The smallest absolute Gasteiger partial charge is 0.338 e. The van der Waals surface area contributed by atoms with Crippen LogP contribution in [0.1, 0.15) is 69.7 Å². The van der Waals surface area contributed by atoms with E-state index in [4.69, 9.17) is 4.74 Å². The number of hydrogen-bond acceptors (Lipinski definition) is 3. The van der Waals surface area contributed by atoms with Crippen LogP contribution >= 0.6 is 0 Å². The van der Waals surface area contributed by atoms with Crippen molar-refractivity contribution >= 4 is 11.8 Å². The van der Waals surface area contributed by atoms with Gasteiger partial charge in [-0.25, -0.2) is 4.79 Å². The molecule has 0 bridgehead atoms.